The Bertz CT molecular complexity index is 508. The molecule has 1 amide bonds. The van der Waals surface area contributed by atoms with Gasteiger partial charge in [0.05, 0.1) is 5.60 Å². The number of rotatable bonds is 6. The van der Waals surface area contributed by atoms with Gasteiger partial charge in [-0.1, -0.05) is 30.3 Å². The fraction of sp³-hybridized carbons (Fsp3) is 0.611. The Hall–Kier alpha value is -1.59. The molecule has 0 bridgehead atoms. The number of hydrogen-bond donors (Lipinski definition) is 2. The summed E-state index contributed by atoms with van der Waals surface area (Å²) in [6.45, 7) is 3.02. The molecule has 1 aromatic carbocycles. The number of amides is 1. The second kappa shape index (κ2) is 7.32. The third kappa shape index (κ3) is 4.94. The molecule has 2 fully saturated rings. The summed E-state index contributed by atoms with van der Waals surface area (Å²) in [5.74, 6) is 0.812. The number of nitrogens with one attached hydrogen (secondary N) is 1. The van der Waals surface area contributed by atoms with Gasteiger partial charge in [0.2, 0.25) is 0 Å². The van der Waals surface area contributed by atoms with E-state index in [1.807, 2.05) is 30.3 Å². The van der Waals surface area contributed by atoms with Crippen LogP contribution < -0.4 is 5.32 Å². The van der Waals surface area contributed by atoms with E-state index < -0.39 is 5.60 Å². The number of benzene rings is 1. The summed E-state index contributed by atoms with van der Waals surface area (Å²) in [6, 6.07) is 9.67. The number of nitrogens with zero attached hydrogens (tertiary/aromatic N) is 1. The minimum Gasteiger partial charge on any atom is -0.445 e. The van der Waals surface area contributed by atoms with Crippen LogP contribution in [0.1, 0.15) is 31.2 Å². The third-order valence-corrected chi connectivity index (χ3v) is 4.74. The number of likely N-dealkylation sites (tertiary alicyclic amines) is 1. The zero-order valence-corrected chi connectivity index (χ0v) is 13.5. The number of carbonyl (C=O) groups is 1. The van der Waals surface area contributed by atoms with Gasteiger partial charge in [-0.15, -0.1) is 0 Å². The standard InChI is InChI=1S/C18H26N2O3/c21-17(23-13-16-4-2-1-3-5-16)20-10-8-18(22,9-11-20)14-19-12-15-6-7-15/h1-5,15,19,22H,6-14H2. The Morgan fingerprint density at radius 1 is 1.26 bits per heavy atom. The first-order valence-corrected chi connectivity index (χ1v) is 8.53. The van der Waals surface area contributed by atoms with Crippen molar-refractivity contribution in [3.63, 3.8) is 0 Å². The van der Waals surface area contributed by atoms with Crippen LogP contribution in [0.5, 0.6) is 0 Å². The minimum atomic E-state index is -0.689. The average Bonchev–Trinajstić information content (AvgIpc) is 3.38. The van der Waals surface area contributed by atoms with Gasteiger partial charge in [0, 0.05) is 19.6 Å². The Morgan fingerprint density at radius 2 is 1.96 bits per heavy atom. The van der Waals surface area contributed by atoms with Gasteiger partial charge in [-0.05, 0) is 43.7 Å². The van der Waals surface area contributed by atoms with Gasteiger partial charge in [-0.2, -0.15) is 0 Å². The Morgan fingerprint density at radius 3 is 2.61 bits per heavy atom. The van der Waals surface area contributed by atoms with Crippen LogP contribution in [-0.2, 0) is 11.3 Å². The first-order chi connectivity index (χ1) is 11.1. The van der Waals surface area contributed by atoms with E-state index in [0.29, 0.717) is 39.1 Å². The van der Waals surface area contributed by atoms with E-state index in [4.69, 9.17) is 4.74 Å². The summed E-state index contributed by atoms with van der Waals surface area (Å²) in [5, 5.41) is 13.9. The minimum absolute atomic E-state index is 0.290. The highest BCUT2D eigenvalue weighted by Gasteiger charge is 2.34. The van der Waals surface area contributed by atoms with Crippen molar-refractivity contribution in [1.29, 1.82) is 0 Å². The van der Waals surface area contributed by atoms with Crippen molar-refractivity contribution in [2.75, 3.05) is 26.2 Å². The number of hydrogen-bond acceptors (Lipinski definition) is 4. The van der Waals surface area contributed by atoms with Crippen molar-refractivity contribution in [2.45, 2.75) is 37.9 Å². The van der Waals surface area contributed by atoms with E-state index in [2.05, 4.69) is 5.32 Å². The summed E-state index contributed by atoms with van der Waals surface area (Å²) in [5.41, 5.74) is 0.295. The van der Waals surface area contributed by atoms with Gasteiger partial charge in [0.1, 0.15) is 6.61 Å². The lowest BCUT2D eigenvalue weighted by atomic mass is 9.91. The second-order valence-electron chi connectivity index (χ2n) is 6.83. The van der Waals surface area contributed by atoms with Crippen molar-refractivity contribution in [3.8, 4) is 0 Å². The maximum Gasteiger partial charge on any atom is 0.410 e. The van der Waals surface area contributed by atoms with E-state index in [9.17, 15) is 9.90 Å². The number of carbonyl (C=O) groups excluding carboxylic acids is 1. The Kier molecular flexibility index (Phi) is 5.18. The molecule has 23 heavy (non-hydrogen) atoms. The lowest BCUT2D eigenvalue weighted by molar-refractivity contribution is -0.0199. The molecule has 1 aromatic rings. The molecule has 1 saturated carbocycles. The molecule has 0 radical (unpaired) electrons. The largest absolute Gasteiger partial charge is 0.445 e. The molecule has 1 aliphatic carbocycles. The van der Waals surface area contributed by atoms with Crippen LogP contribution in [-0.4, -0.2) is 47.9 Å². The van der Waals surface area contributed by atoms with Gasteiger partial charge >= 0.3 is 6.09 Å². The molecule has 3 rings (SSSR count). The van der Waals surface area contributed by atoms with Crippen molar-refractivity contribution >= 4 is 6.09 Å². The van der Waals surface area contributed by atoms with Crippen LogP contribution in [0.2, 0.25) is 0 Å². The smallest absolute Gasteiger partial charge is 0.410 e. The summed E-state index contributed by atoms with van der Waals surface area (Å²) >= 11 is 0. The molecule has 1 saturated heterocycles. The van der Waals surface area contributed by atoms with Gasteiger partial charge in [0.25, 0.3) is 0 Å². The first-order valence-electron chi connectivity index (χ1n) is 8.53. The highest BCUT2D eigenvalue weighted by molar-refractivity contribution is 5.67. The van der Waals surface area contributed by atoms with Crippen molar-refractivity contribution in [3.05, 3.63) is 35.9 Å². The quantitative estimate of drug-likeness (QED) is 0.844. The Labute approximate surface area is 137 Å². The van der Waals surface area contributed by atoms with Crippen LogP contribution in [0, 0.1) is 5.92 Å². The zero-order chi connectivity index (χ0) is 16.1. The summed E-state index contributed by atoms with van der Waals surface area (Å²) in [6.07, 6.45) is 3.54. The first kappa shape index (κ1) is 16.3. The second-order valence-corrected chi connectivity index (χ2v) is 6.83. The lowest BCUT2D eigenvalue weighted by Gasteiger charge is -2.37. The monoisotopic (exact) mass is 318 g/mol. The molecule has 0 aromatic heterocycles. The molecule has 5 nitrogen and oxygen atoms in total. The fourth-order valence-electron chi connectivity index (χ4n) is 2.92. The Balaban J connectivity index is 1.38. The lowest BCUT2D eigenvalue weighted by Crippen LogP contribution is -2.51. The van der Waals surface area contributed by atoms with Crippen molar-refractivity contribution in [2.24, 2.45) is 5.92 Å². The van der Waals surface area contributed by atoms with E-state index in [1.165, 1.54) is 12.8 Å². The molecule has 2 aliphatic rings. The van der Waals surface area contributed by atoms with E-state index >= 15 is 0 Å². The highest BCUT2D eigenvalue weighted by atomic mass is 16.6. The molecule has 2 N–H and O–H groups in total. The fourth-order valence-corrected chi connectivity index (χ4v) is 2.92. The molecule has 126 valence electrons. The van der Waals surface area contributed by atoms with E-state index in [1.54, 1.807) is 4.90 Å². The predicted octanol–water partition coefficient (Wildman–Crippen LogP) is 2.15. The van der Waals surface area contributed by atoms with Crippen molar-refractivity contribution in [1.82, 2.24) is 10.2 Å². The number of piperidine rings is 1. The molecule has 0 unspecified atom stereocenters. The van der Waals surface area contributed by atoms with Crippen molar-refractivity contribution < 1.29 is 14.6 Å². The van der Waals surface area contributed by atoms with Gasteiger partial charge in [0.15, 0.2) is 0 Å². The van der Waals surface area contributed by atoms with Gasteiger partial charge in [-0.25, -0.2) is 4.79 Å². The van der Waals surface area contributed by atoms with E-state index in [0.717, 1.165) is 18.0 Å². The SMILES string of the molecule is O=C(OCc1ccccc1)N1CCC(O)(CNCC2CC2)CC1. The van der Waals surface area contributed by atoms with E-state index in [-0.39, 0.29) is 6.09 Å². The number of aliphatic hydroxyl groups is 1. The van der Waals surface area contributed by atoms with Crippen LogP contribution in [0.15, 0.2) is 30.3 Å². The molecular formula is C18H26N2O3. The molecule has 1 aliphatic heterocycles. The summed E-state index contributed by atoms with van der Waals surface area (Å²) < 4.78 is 5.35. The number of ether oxygens (including phenoxy) is 1. The molecular weight excluding hydrogens is 292 g/mol. The topological polar surface area (TPSA) is 61.8 Å². The molecule has 0 spiro atoms. The zero-order valence-electron chi connectivity index (χ0n) is 13.5. The maximum absolute atomic E-state index is 12.1. The molecule has 0 atom stereocenters. The normalized spacial score (nSPS) is 20.3. The van der Waals surface area contributed by atoms with Crippen LogP contribution in [0.3, 0.4) is 0 Å². The van der Waals surface area contributed by atoms with Crippen LogP contribution >= 0.6 is 0 Å². The average molecular weight is 318 g/mol. The van der Waals surface area contributed by atoms with Gasteiger partial charge < -0.3 is 20.1 Å². The highest BCUT2D eigenvalue weighted by Crippen LogP contribution is 2.28. The predicted molar refractivity (Wildman–Crippen MR) is 88.0 cm³/mol. The van der Waals surface area contributed by atoms with Crippen LogP contribution in [0.25, 0.3) is 0 Å². The third-order valence-electron chi connectivity index (χ3n) is 4.74. The maximum atomic E-state index is 12.1. The molecule has 5 heteroatoms. The molecule has 1 heterocycles. The van der Waals surface area contributed by atoms with Crippen LogP contribution in [0.4, 0.5) is 4.79 Å². The van der Waals surface area contributed by atoms with Gasteiger partial charge in [-0.3, -0.25) is 0 Å². The summed E-state index contributed by atoms with van der Waals surface area (Å²) in [4.78, 5) is 13.8. The summed E-state index contributed by atoms with van der Waals surface area (Å²) in [7, 11) is 0.